The quantitative estimate of drug-likeness (QED) is 0.462. The molecule has 5 rings (SSSR count). The van der Waals surface area contributed by atoms with Gasteiger partial charge in [-0.15, -0.1) is 11.3 Å². The number of fused-ring (bicyclic) bond motifs is 1. The van der Waals surface area contributed by atoms with Crippen LogP contribution < -0.4 is 15.5 Å². The van der Waals surface area contributed by atoms with Crippen molar-refractivity contribution in [3.05, 3.63) is 52.0 Å². The van der Waals surface area contributed by atoms with Crippen molar-refractivity contribution in [2.45, 2.75) is 32.2 Å². The second-order valence-electron chi connectivity index (χ2n) is 9.16. The highest BCUT2D eigenvalue weighted by atomic mass is 32.1. The van der Waals surface area contributed by atoms with E-state index in [2.05, 4.69) is 43.5 Å². The van der Waals surface area contributed by atoms with Gasteiger partial charge in [-0.2, -0.15) is 13.2 Å². The molecular weight excluding hydrogens is 489 g/mol. The van der Waals surface area contributed by atoms with Crippen LogP contribution in [0.2, 0.25) is 0 Å². The lowest BCUT2D eigenvalue weighted by Gasteiger charge is -2.34. The van der Waals surface area contributed by atoms with Crippen molar-refractivity contribution in [3.63, 3.8) is 0 Å². The van der Waals surface area contributed by atoms with E-state index in [1.807, 2.05) is 19.1 Å². The highest BCUT2D eigenvalue weighted by molar-refractivity contribution is 7.15. The molecule has 0 saturated carbocycles. The molecule has 0 aliphatic carbocycles. The summed E-state index contributed by atoms with van der Waals surface area (Å²) in [6.45, 7) is 6.52. The van der Waals surface area contributed by atoms with Crippen molar-refractivity contribution in [3.8, 4) is 10.6 Å². The molecule has 3 N–H and O–H groups in total. The summed E-state index contributed by atoms with van der Waals surface area (Å²) in [6, 6.07) is 7.69. The Morgan fingerprint density at radius 1 is 1.19 bits per heavy atom. The third kappa shape index (κ3) is 5.06. The van der Waals surface area contributed by atoms with Crippen molar-refractivity contribution in [1.29, 1.82) is 0 Å². The van der Waals surface area contributed by atoms with Gasteiger partial charge in [0.1, 0.15) is 11.8 Å². The number of nitrogens with one attached hydrogen (secondary N) is 2. The number of benzene rings is 1. The van der Waals surface area contributed by atoms with E-state index < -0.39 is 18.0 Å². The Morgan fingerprint density at radius 3 is 2.67 bits per heavy atom. The number of hydrogen-bond donors (Lipinski definition) is 3. The van der Waals surface area contributed by atoms with Crippen LogP contribution in [0, 0.1) is 0 Å². The Morgan fingerprint density at radius 2 is 1.97 bits per heavy atom. The maximum atomic E-state index is 13.9. The number of rotatable bonds is 5. The number of halogens is 3. The second-order valence-corrected chi connectivity index (χ2v) is 10.3. The predicted octanol–water partition coefficient (Wildman–Crippen LogP) is 4.42. The summed E-state index contributed by atoms with van der Waals surface area (Å²) in [7, 11) is 2.12. The molecule has 0 radical (unpaired) electrons. The number of aryl methyl sites for hydroxylation is 1. The lowest BCUT2D eigenvalue weighted by atomic mass is 10.1. The Bertz CT molecular complexity index is 1240. The lowest BCUT2D eigenvalue weighted by molar-refractivity contribution is -0.137. The van der Waals surface area contributed by atoms with Crippen LogP contribution in [0.3, 0.4) is 0 Å². The molecule has 2 aliphatic heterocycles. The second kappa shape index (κ2) is 9.97. The molecule has 0 bridgehead atoms. The van der Waals surface area contributed by atoms with Gasteiger partial charge in [-0.1, -0.05) is 6.92 Å². The zero-order valence-corrected chi connectivity index (χ0v) is 21.0. The van der Waals surface area contributed by atoms with Crippen molar-refractivity contribution < 1.29 is 18.3 Å². The van der Waals surface area contributed by atoms with Gasteiger partial charge >= 0.3 is 6.18 Å². The van der Waals surface area contributed by atoms with Crippen LogP contribution >= 0.6 is 11.3 Å². The molecule has 1 saturated heterocycles. The molecule has 0 amide bonds. The molecule has 2 aromatic heterocycles. The summed E-state index contributed by atoms with van der Waals surface area (Å²) >= 11 is 1.24. The summed E-state index contributed by atoms with van der Waals surface area (Å²) in [5.74, 6) is 0.102. The number of aromatic nitrogens is 2. The topological polar surface area (TPSA) is 76.5 Å². The molecule has 4 heterocycles. The van der Waals surface area contributed by atoms with E-state index in [0.29, 0.717) is 23.4 Å². The molecule has 1 aromatic carbocycles. The number of thiophene rings is 1. The first-order valence-corrected chi connectivity index (χ1v) is 12.9. The molecule has 11 heteroatoms. The minimum absolute atomic E-state index is 0.102. The Labute approximate surface area is 212 Å². The van der Waals surface area contributed by atoms with Gasteiger partial charge in [-0.25, -0.2) is 9.97 Å². The molecule has 2 aliphatic rings. The van der Waals surface area contributed by atoms with E-state index in [4.69, 9.17) is 0 Å². The summed E-state index contributed by atoms with van der Waals surface area (Å²) in [5, 5.41) is 16.3. The number of likely N-dealkylation sites (N-methyl/N-ethyl adjacent to an activating group) is 1. The van der Waals surface area contributed by atoms with E-state index in [1.165, 1.54) is 11.3 Å². The van der Waals surface area contributed by atoms with Gasteiger partial charge in [0.15, 0.2) is 0 Å². The van der Waals surface area contributed by atoms with Crippen LogP contribution in [0.5, 0.6) is 0 Å². The summed E-state index contributed by atoms with van der Waals surface area (Å²) in [5.41, 5.74) is 2.48. The third-order valence-corrected chi connectivity index (χ3v) is 7.96. The Balaban J connectivity index is 1.46. The number of nitrogens with zero attached hydrogens (tertiary/aromatic N) is 4. The monoisotopic (exact) mass is 518 g/mol. The van der Waals surface area contributed by atoms with Gasteiger partial charge in [0.2, 0.25) is 5.95 Å². The number of alkyl halides is 3. The van der Waals surface area contributed by atoms with Crippen LogP contribution in [-0.4, -0.2) is 59.7 Å². The van der Waals surface area contributed by atoms with Gasteiger partial charge in [0.25, 0.3) is 0 Å². The molecule has 1 unspecified atom stereocenters. The van der Waals surface area contributed by atoms with E-state index in [1.54, 1.807) is 6.07 Å². The average Bonchev–Trinajstić information content (AvgIpc) is 3.30. The molecule has 36 heavy (non-hydrogen) atoms. The summed E-state index contributed by atoms with van der Waals surface area (Å²) < 4.78 is 41.6. The SMILES string of the molecule is CCc1cc(N2CCN(C)CC2)ccc1Nc1ncc(C(F)(F)F)c(-c2cc3c(s2)CCNC3O)n1. The van der Waals surface area contributed by atoms with Crippen LogP contribution in [0.1, 0.15) is 34.7 Å². The van der Waals surface area contributed by atoms with Crippen LogP contribution in [0.15, 0.2) is 30.5 Å². The molecule has 7 nitrogen and oxygen atoms in total. The number of aliphatic hydroxyl groups excluding tert-OH is 1. The standard InChI is InChI=1S/C25H29F3N6OS/c1-3-15-12-16(34-10-8-33(2)9-11-34)4-5-19(15)31-24-30-14-18(25(26,27)28)22(32-24)21-13-17-20(36-21)6-7-29-23(17)35/h4-5,12-14,23,29,35H,3,6-11H2,1-2H3,(H,30,31,32). The number of anilines is 3. The fourth-order valence-corrected chi connectivity index (χ4v) is 5.83. The molecule has 3 aromatic rings. The predicted molar refractivity (Wildman–Crippen MR) is 136 cm³/mol. The van der Waals surface area contributed by atoms with E-state index in [0.717, 1.165) is 60.6 Å². The van der Waals surface area contributed by atoms with Crippen molar-refractivity contribution >= 4 is 28.7 Å². The first kappa shape index (κ1) is 24.9. The van der Waals surface area contributed by atoms with Crippen molar-refractivity contribution in [2.24, 2.45) is 0 Å². The van der Waals surface area contributed by atoms with Gasteiger partial charge in [0, 0.05) is 60.7 Å². The minimum atomic E-state index is -4.60. The summed E-state index contributed by atoms with van der Waals surface area (Å²) in [4.78, 5) is 14.2. The van der Waals surface area contributed by atoms with E-state index in [-0.39, 0.29) is 11.6 Å². The minimum Gasteiger partial charge on any atom is -0.374 e. The zero-order chi connectivity index (χ0) is 25.4. The highest BCUT2D eigenvalue weighted by Gasteiger charge is 2.36. The largest absolute Gasteiger partial charge is 0.420 e. The van der Waals surface area contributed by atoms with Gasteiger partial charge < -0.3 is 20.2 Å². The fraction of sp³-hybridized carbons (Fsp3) is 0.440. The molecular formula is C25H29F3N6OS. The Hall–Kier alpha value is -2.73. The molecule has 1 fully saturated rings. The van der Waals surface area contributed by atoms with Gasteiger partial charge in [-0.3, -0.25) is 5.32 Å². The third-order valence-electron chi connectivity index (χ3n) is 6.74. The van der Waals surface area contributed by atoms with Crippen molar-refractivity contribution in [1.82, 2.24) is 20.2 Å². The lowest BCUT2D eigenvalue weighted by Crippen LogP contribution is -2.44. The number of hydrogen-bond acceptors (Lipinski definition) is 8. The number of aliphatic hydroxyl groups is 1. The van der Waals surface area contributed by atoms with Crippen LogP contribution in [-0.2, 0) is 19.0 Å². The normalized spacial score (nSPS) is 18.8. The number of piperazine rings is 1. The molecule has 192 valence electrons. The van der Waals surface area contributed by atoms with E-state index in [9.17, 15) is 18.3 Å². The average molecular weight is 519 g/mol. The molecule has 1 atom stereocenters. The smallest absolute Gasteiger partial charge is 0.374 e. The highest BCUT2D eigenvalue weighted by Crippen LogP contribution is 2.41. The van der Waals surface area contributed by atoms with E-state index >= 15 is 0 Å². The van der Waals surface area contributed by atoms with Crippen LogP contribution in [0.25, 0.3) is 10.6 Å². The Kier molecular flexibility index (Phi) is 6.90. The summed E-state index contributed by atoms with van der Waals surface area (Å²) in [6.07, 6.45) is -3.26. The molecule has 0 spiro atoms. The van der Waals surface area contributed by atoms with Crippen molar-refractivity contribution in [2.75, 3.05) is 50.0 Å². The van der Waals surface area contributed by atoms with Gasteiger partial charge in [0.05, 0.1) is 10.6 Å². The zero-order valence-electron chi connectivity index (χ0n) is 20.2. The van der Waals surface area contributed by atoms with Crippen LogP contribution in [0.4, 0.5) is 30.5 Å². The first-order chi connectivity index (χ1) is 17.2. The first-order valence-electron chi connectivity index (χ1n) is 12.0. The maximum Gasteiger partial charge on any atom is 0.420 e. The fourth-order valence-electron chi connectivity index (χ4n) is 4.63. The maximum absolute atomic E-state index is 13.9. The van der Waals surface area contributed by atoms with Gasteiger partial charge in [-0.05, 0) is 49.7 Å².